The van der Waals surface area contributed by atoms with E-state index >= 15 is 0 Å². The molecule has 0 saturated heterocycles. The molecule has 132 valence electrons. The van der Waals surface area contributed by atoms with Crippen LogP contribution in [0.3, 0.4) is 0 Å². The number of hydrogen-bond acceptors (Lipinski definition) is 5. The van der Waals surface area contributed by atoms with E-state index in [1.54, 1.807) is 36.4 Å². The number of nitrogens with zero attached hydrogens (tertiary/aromatic N) is 2. The molecule has 0 spiro atoms. The molecule has 3 rings (SSSR count). The van der Waals surface area contributed by atoms with Gasteiger partial charge < -0.3 is 9.47 Å². The molecule has 0 fully saturated rings. The van der Waals surface area contributed by atoms with Crippen LogP contribution in [-0.2, 0) is 0 Å². The number of benzene rings is 2. The highest BCUT2D eigenvalue weighted by Crippen LogP contribution is 2.30. The van der Waals surface area contributed by atoms with Gasteiger partial charge in [-0.25, -0.2) is 4.79 Å². The van der Waals surface area contributed by atoms with Crippen LogP contribution < -0.4 is 9.47 Å². The van der Waals surface area contributed by atoms with Gasteiger partial charge in [-0.1, -0.05) is 36.4 Å². The lowest BCUT2D eigenvalue weighted by molar-refractivity contribution is 0.0729. The second kappa shape index (κ2) is 8.45. The van der Waals surface area contributed by atoms with Gasteiger partial charge in [0.05, 0.1) is 24.3 Å². The van der Waals surface area contributed by atoms with Crippen LogP contribution in [0.25, 0.3) is 11.6 Å². The summed E-state index contributed by atoms with van der Waals surface area (Å²) < 4.78 is 10.8. The summed E-state index contributed by atoms with van der Waals surface area (Å²) in [6.07, 6.45) is 4.80. The van der Waals surface area contributed by atoms with Crippen molar-refractivity contribution < 1.29 is 14.3 Å². The van der Waals surface area contributed by atoms with Crippen LogP contribution in [0, 0.1) is 11.3 Å². The van der Waals surface area contributed by atoms with Crippen molar-refractivity contribution in [2.24, 2.45) is 0 Å². The molecule has 3 aromatic rings. The van der Waals surface area contributed by atoms with E-state index in [0.717, 1.165) is 11.1 Å². The van der Waals surface area contributed by atoms with Crippen molar-refractivity contribution in [1.82, 2.24) is 4.98 Å². The summed E-state index contributed by atoms with van der Waals surface area (Å²) in [6.45, 7) is 0. The number of carbonyl (C=O) groups excluding carboxylic acids is 1. The van der Waals surface area contributed by atoms with Crippen LogP contribution in [0.1, 0.15) is 21.5 Å². The zero-order valence-corrected chi connectivity index (χ0v) is 14.6. The molecule has 1 aromatic heterocycles. The van der Waals surface area contributed by atoms with E-state index in [1.807, 2.05) is 30.3 Å². The van der Waals surface area contributed by atoms with Gasteiger partial charge in [0.25, 0.3) is 0 Å². The van der Waals surface area contributed by atoms with Gasteiger partial charge in [0, 0.05) is 12.4 Å². The number of rotatable bonds is 5. The van der Waals surface area contributed by atoms with Gasteiger partial charge >= 0.3 is 5.97 Å². The van der Waals surface area contributed by atoms with Crippen LogP contribution >= 0.6 is 0 Å². The fourth-order valence-corrected chi connectivity index (χ4v) is 2.47. The topological polar surface area (TPSA) is 72.2 Å². The molecule has 0 unspecified atom stereocenters. The third-order valence-electron chi connectivity index (χ3n) is 3.82. The van der Waals surface area contributed by atoms with Crippen LogP contribution in [0.2, 0.25) is 0 Å². The van der Waals surface area contributed by atoms with Gasteiger partial charge in [-0.3, -0.25) is 4.98 Å². The quantitative estimate of drug-likeness (QED) is 0.294. The average Bonchev–Trinajstić information content (AvgIpc) is 2.74. The molecule has 0 aliphatic rings. The number of hydrogen-bond donors (Lipinski definition) is 0. The first-order chi connectivity index (χ1) is 13.2. The molecular formula is C22H16N2O3. The van der Waals surface area contributed by atoms with Crippen LogP contribution in [-0.4, -0.2) is 18.1 Å². The van der Waals surface area contributed by atoms with Crippen molar-refractivity contribution in [1.29, 1.82) is 5.26 Å². The Morgan fingerprint density at radius 1 is 1.00 bits per heavy atom. The minimum absolute atomic E-state index is 0.301. The normalized spacial score (nSPS) is 10.7. The fourth-order valence-electron chi connectivity index (χ4n) is 2.47. The lowest BCUT2D eigenvalue weighted by Crippen LogP contribution is -2.09. The predicted octanol–water partition coefficient (Wildman–Crippen LogP) is 4.37. The molecule has 0 aliphatic carbocycles. The summed E-state index contributed by atoms with van der Waals surface area (Å²) >= 11 is 0. The van der Waals surface area contributed by atoms with Crippen molar-refractivity contribution in [3.63, 3.8) is 0 Å². The maximum atomic E-state index is 12.2. The zero-order chi connectivity index (χ0) is 19.1. The van der Waals surface area contributed by atoms with Gasteiger partial charge in [0.15, 0.2) is 11.5 Å². The number of nitriles is 1. The second-order valence-electron chi connectivity index (χ2n) is 5.57. The summed E-state index contributed by atoms with van der Waals surface area (Å²) in [7, 11) is 1.50. The molecule has 5 nitrogen and oxygen atoms in total. The summed E-state index contributed by atoms with van der Waals surface area (Å²) in [5.74, 6) is 0.201. The Hall–Kier alpha value is -3.91. The largest absolute Gasteiger partial charge is 0.493 e. The first kappa shape index (κ1) is 17.9. The Kier molecular flexibility index (Phi) is 5.60. The maximum Gasteiger partial charge on any atom is 0.343 e. The first-order valence-electron chi connectivity index (χ1n) is 8.18. The molecule has 27 heavy (non-hydrogen) atoms. The van der Waals surface area contributed by atoms with E-state index in [4.69, 9.17) is 9.47 Å². The van der Waals surface area contributed by atoms with Crippen molar-refractivity contribution >= 4 is 17.6 Å². The van der Waals surface area contributed by atoms with Crippen LogP contribution in [0.4, 0.5) is 0 Å². The summed E-state index contributed by atoms with van der Waals surface area (Å²) in [5, 5.41) is 9.44. The molecule has 0 aliphatic heterocycles. The van der Waals surface area contributed by atoms with E-state index in [9.17, 15) is 10.1 Å². The Morgan fingerprint density at radius 2 is 1.74 bits per heavy atom. The number of pyridine rings is 1. The van der Waals surface area contributed by atoms with Crippen LogP contribution in [0.15, 0.2) is 73.1 Å². The van der Waals surface area contributed by atoms with Crippen LogP contribution in [0.5, 0.6) is 11.5 Å². The molecule has 1 heterocycles. The summed E-state index contributed by atoms with van der Waals surface area (Å²) in [5.41, 5.74) is 2.51. The molecule has 0 bridgehead atoms. The molecule has 0 radical (unpaired) electrons. The smallest absolute Gasteiger partial charge is 0.343 e. The highest BCUT2D eigenvalue weighted by Gasteiger charge is 2.13. The van der Waals surface area contributed by atoms with Crippen molar-refractivity contribution in [2.45, 2.75) is 0 Å². The SMILES string of the molecule is COc1cc(/C=C(/C#N)c2ccccc2)ccc1OC(=O)c1ccncc1. The zero-order valence-electron chi connectivity index (χ0n) is 14.6. The Bertz CT molecular complexity index is 1010. The van der Waals surface area contributed by atoms with E-state index in [2.05, 4.69) is 11.1 Å². The Balaban J connectivity index is 1.87. The Morgan fingerprint density at radius 3 is 2.41 bits per heavy atom. The monoisotopic (exact) mass is 356 g/mol. The lowest BCUT2D eigenvalue weighted by atomic mass is 10.0. The van der Waals surface area contributed by atoms with Gasteiger partial charge in [0.2, 0.25) is 0 Å². The minimum Gasteiger partial charge on any atom is -0.493 e. The maximum absolute atomic E-state index is 12.2. The summed E-state index contributed by atoms with van der Waals surface area (Å²) in [6, 6.07) is 19.9. The van der Waals surface area contributed by atoms with Gasteiger partial charge in [0.1, 0.15) is 0 Å². The molecule has 0 atom stereocenters. The average molecular weight is 356 g/mol. The minimum atomic E-state index is -0.499. The predicted molar refractivity (Wildman–Crippen MR) is 102 cm³/mol. The number of aromatic nitrogens is 1. The van der Waals surface area contributed by atoms with Crippen molar-refractivity contribution in [2.75, 3.05) is 7.11 Å². The molecule has 5 heteroatoms. The molecule has 0 N–H and O–H groups in total. The summed E-state index contributed by atoms with van der Waals surface area (Å²) in [4.78, 5) is 16.1. The van der Waals surface area contributed by atoms with Gasteiger partial charge in [-0.05, 0) is 41.5 Å². The standard InChI is InChI=1S/C22H16N2O3/c1-26-21-14-16(13-19(15-23)17-5-3-2-4-6-17)7-8-20(21)27-22(25)18-9-11-24-12-10-18/h2-14H,1H3/b19-13-. The van der Waals surface area contributed by atoms with Gasteiger partial charge in [-0.2, -0.15) is 5.26 Å². The number of carbonyl (C=O) groups is 1. The first-order valence-corrected chi connectivity index (χ1v) is 8.18. The second-order valence-corrected chi connectivity index (χ2v) is 5.57. The van der Waals surface area contributed by atoms with E-state index in [-0.39, 0.29) is 0 Å². The van der Waals surface area contributed by atoms with Crippen molar-refractivity contribution in [3.8, 4) is 17.6 Å². The van der Waals surface area contributed by atoms with E-state index in [1.165, 1.54) is 19.5 Å². The lowest BCUT2D eigenvalue weighted by Gasteiger charge is -2.10. The number of methoxy groups -OCH3 is 1. The third-order valence-corrected chi connectivity index (χ3v) is 3.82. The number of allylic oxidation sites excluding steroid dienone is 1. The molecular weight excluding hydrogens is 340 g/mol. The number of esters is 1. The van der Waals surface area contributed by atoms with E-state index in [0.29, 0.717) is 22.6 Å². The number of ether oxygens (including phenoxy) is 2. The van der Waals surface area contributed by atoms with Crippen molar-refractivity contribution in [3.05, 3.63) is 89.7 Å². The third kappa shape index (κ3) is 4.39. The van der Waals surface area contributed by atoms with Gasteiger partial charge in [-0.15, -0.1) is 0 Å². The fraction of sp³-hybridized carbons (Fsp3) is 0.0455. The highest BCUT2D eigenvalue weighted by molar-refractivity contribution is 5.92. The molecule has 0 saturated carbocycles. The Labute approximate surface area is 157 Å². The molecule has 0 amide bonds. The highest BCUT2D eigenvalue weighted by atomic mass is 16.6. The molecule has 2 aromatic carbocycles. The van der Waals surface area contributed by atoms with E-state index < -0.39 is 5.97 Å².